The zero-order valence-corrected chi connectivity index (χ0v) is 12.4. The van der Waals surface area contributed by atoms with Crippen LogP contribution in [0, 0.1) is 0 Å². The van der Waals surface area contributed by atoms with Crippen LogP contribution in [0.3, 0.4) is 0 Å². The van der Waals surface area contributed by atoms with Gasteiger partial charge in [-0.15, -0.1) is 0 Å². The Morgan fingerprint density at radius 2 is 1.95 bits per heavy atom. The molecule has 0 spiro atoms. The first-order valence-corrected chi connectivity index (χ1v) is 7.55. The van der Waals surface area contributed by atoms with Crippen molar-refractivity contribution in [2.75, 3.05) is 0 Å². The average molecular weight is 325 g/mol. The molecule has 1 aliphatic heterocycles. The summed E-state index contributed by atoms with van der Waals surface area (Å²) < 4.78 is 7.22. The van der Waals surface area contributed by atoms with E-state index in [9.17, 15) is 0 Å². The van der Waals surface area contributed by atoms with Crippen LogP contribution in [0.25, 0.3) is 5.57 Å². The van der Waals surface area contributed by atoms with Gasteiger partial charge < -0.3 is 4.74 Å². The van der Waals surface area contributed by atoms with Gasteiger partial charge in [0.15, 0.2) is 0 Å². The number of rotatable bonds is 1. The average Bonchev–Trinajstić information content (AvgIpc) is 2.86. The van der Waals surface area contributed by atoms with Gasteiger partial charge in [-0.2, -0.15) is 0 Å². The SMILES string of the molecule is Brc1cccc(C2=C3Oc4ccccc4C3CC=C2)c1. The fourth-order valence-electron chi connectivity index (χ4n) is 2.97. The molecule has 4 rings (SSSR count). The third-order valence-corrected chi connectivity index (χ3v) is 4.38. The van der Waals surface area contributed by atoms with E-state index in [4.69, 9.17) is 4.74 Å². The number of benzene rings is 2. The Hall–Kier alpha value is -1.80. The van der Waals surface area contributed by atoms with Gasteiger partial charge in [-0.1, -0.05) is 58.4 Å². The van der Waals surface area contributed by atoms with E-state index in [2.05, 4.69) is 64.5 Å². The molecule has 2 heteroatoms. The maximum atomic E-state index is 6.13. The Morgan fingerprint density at radius 3 is 2.85 bits per heavy atom. The van der Waals surface area contributed by atoms with Crippen LogP contribution in [0.4, 0.5) is 0 Å². The summed E-state index contributed by atoms with van der Waals surface area (Å²) in [7, 11) is 0. The second kappa shape index (κ2) is 4.64. The van der Waals surface area contributed by atoms with Crippen LogP contribution in [-0.4, -0.2) is 0 Å². The molecule has 2 aromatic carbocycles. The van der Waals surface area contributed by atoms with Crippen LogP contribution in [-0.2, 0) is 0 Å². The lowest BCUT2D eigenvalue weighted by atomic mass is 9.87. The summed E-state index contributed by atoms with van der Waals surface area (Å²) in [5.41, 5.74) is 3.70. The highest BCUT2D eigenvalue weighted by atomic mass is 79.9. The topological polar surface area (TPSA) is 9.23 Å². The van der Waals surface area contributed by atoms with Crippen molar-refractivity contribution in [2.45, 2.75) is 12.3 Å². The van der Waals surface area contributed by atoms with E-state index >= 15 is 0 Å². The van der Waals surface area contributed by atoms with Crippen molar-refractivity contribution in [3.8, 4) is 5.75 Å². The van der Waals surface area contributed by atoms with E-state index in [0.717, 1.165) is 22.4 Å². The number of ether oxygens (including phenoxy) is 1. The van der Waals surface area contributed by atoms with Crippen molar-refractivity contribution >= 4 is 21.5 Å². The number of hydrogen-bond donors (Lipinski definition) is 0. The van der Waals surface area contributed by atoms with Crippen molar-refractivity contribution in [2.24, 2.45) is 0 Å². The van der Waals surface area contributed by atoms with Gasteiger partial charge in [0.05, 0.1) is 0 Å². The molecule has 0 N–H and O–H groups in total. The summed E-state index contributed by atoms with van der Waals surface area (Å²) in [6.45, 7) is 0. The molecular weight excluding hydrogens is 312 g/mol. The second-order valence-electron chi connectivity index (χ2n) is 5.12. The van der Waals surface area contributed by atoms with Crippen LogP contribution < -0.4 is 4.74 Å². The predicted octanol–water partition coefficient (Wildman–Crippen LogP) is 5.30. The standard InChI is InChI=1S/C18H13BrO/c19-13-6-3-5-12(11-13)14-8-4-9-16-15-7-1-2-10-17(15)20-18(14)16/h1-8,10-11,16H,9H2. The lowest BCUT2D eigenvalue weighted by Gasteiger charge is -2.17. The van der Waals surface area contributed by atoms with Gasteiger partial charge in [-0.05, 0) is 30.2 Å². The molecule has 2 aromatic rings. The molecule has 1 atom stereocenters. The molecule has 98 valence electrons. The highest BCUT2D eigenvalue weighted by molar-refractivity contribution is 9.10. The summed E-state index contributed by atoms with van der Waals surface area (Å²) in [5, 5.41) is 0. The lowest BCUT2D eigenvalue weighted by Crippen LogP contribution is -2.05. The second-order valence-corrected chi connectivity index (χ2v) is 6.03. The Kier molecular flexibility index (Phi) is 2.78. The minimum atomic E-state index is 0.366. The van der Waals surface area contributed by atoms with E-state index in [1.165, 1.54) is 16.7 Å². The largest absolute Gasteiger partial charge is 0.460 e. The molecule has 0 aromatic heterocycles. The monoisotopic (exact) mass is 324 g/mol. The molecule has 0 saturated carbocycles. The normalized spacial score (nSPS) is 19.6. The van der Waals surface area contributed by atoms with Gasteiger partial charge in [0.2, 0.25) is 0 Å². The number of allylic oxidation sites excluding steroid dienone is 4. The Morgan fingerprint density at radius 1 is 1.05 bits per heavy atom. The molecule has 1 nitrogen and oxygen atoms in total. The zero-order chi connectivity index (χ0) is 13.5. The predicted molar refractivity (Wildman–Crippen MR) is 84.6 cm³/mol. The third kappa shape index (κ3) is 1.83. The fraction of sp³-hybridized carbons (Fsp3) is 0.111. The molecule has 1 aliphatic carbocycles. The van der Waals surface area contributed by atoms with E-state index in [0.29, 0.717) is 5.92 Å². The van der Waals surface area contributed by atoms with Crippen LogP contribution in [0.2, 0.25) is 0 Å². The van der Waals surface area contributed by atoms with E-state index in [1.807, 2.05) is 12.1 Å². The molecule has 0 bridgehead atoms. The van der Waals surface area contributed by atoms with E-state index in [-0.39, 0.29) is 0 Å². The molecular formula is C18H13BrO. The van der Waals surface area contributed by atoms with Crippen LogP contribution in [0.1, 0.15) is 23.5 Å². The molecule has 1 heterocycles. The molecule has 0 fully saturated rings. The fourth-order valence-corrected chi connectivity index (χ4v) is 3.37. The van der Waals surface area contributed by atoms with Crippen LogP contribution >= 0.6 is 15.9 Å². The zero-order valence-electron chi connectivity index (χ0n) is 10.8. The summed E-state index contributed by atoms with van der Waals surface area (Å²) >= 11 is 3.54. The summed E-state index contributed by atoms with van der Waals surface area (Å²) in [4.78, 5) is 0. The number of halogens is 1. The Balaban J connectivity index is 1.87. The highest BCUT2D eigenvalue weighted by Crippen LogP contribution is 2.47. The first-order chi connectivity index (χ1) is 9.83. The lowest BCUT2D eigenvalue weighted by molar-refractivity contribution is 0.429. The number of fused-ring (bicyclic) bond motifs is 3. The van der Waals surface area contributed by atoms with Crippen molar-refractivity contribution < 1.29 is 4.74 Å². The minimum Gasteiger partial charge on any atom is -0.460 e. The smallest absolute Gasteiger partial charge is 0.130 e. The first kappa shape index (κ1) is 12.0. The number of hydrogen-bond acceptors (Lipinski definition) is 1. The Bertz CT molecular complexity index is 743. The first-order valence-electron chi connectivity index (χ1n) is 6.76. The minimum absolute atomic E-state index is 0.366. The van der Waals surface area contributed by atoms with Crippen molar-refractivity contribution in [3.63, 3.8) is 0 Å². The molecule has 1 unspecified atom stereocenters. The molecule has 0 radical (unpaired) electrons. The molecule has 20 heavy (non-hydrogen) atoms. The van der Waals surface area contributed by atoms with Crippen molar-refractivity contribution in [1.82, 2.24) is 0 Å². The van der Waals surface area contributed by atoms with Crippen molar-refractivity contribution in [1.29, 1.82) is 0 Å². The van der Waals surface area contributed by atoms with Crippen LogP contribution in [0.15, 0.2) is 70.9 Å². The van der Waals surface area contributed by atoms with Gasteiger partial charge in [0, 0.05) is 21.5 Å². The summed E-state index contributed by atoms with van der Waals surface area (Å²) in [5.74, 6) is 2.46. The van der Waals surface area contributed by atoms with E-state index in [1.54, 1.807) is 0 Å². The van der Waals surface area contributed by atoms with Crippen molar-refractivity contribution in [3.05, 3.63) is 82.0 Å². The molecule has 0 amide bonds. The van der Waals surface area contributed by atoms with Gasteiger partial charge in [0.25, 0.3) is 0 Å². The maximum absolute atomic E-state index is 6.13. The third-order valence-electron chi connectivity index (χ3n) is 3.89. The molecule has 2 aliphatic rings. The van der Waals surface area contributed by atoms with Crippen LogP contribution in [0.5, 0.6) is 5.75 Å². The van der Waals surface area contributed by atoms with Gasteiger partial charge in [0.1, 0.15) is 11.5 Å². The summed E-state index contributed by atoms with van der Waals surface area (Å²) in [6.07, 6.45) is 5.44. The highest BCUT2D eigenvalue weighted by Gasteiger charge is 2.32. The van der Waals surface area contributed by atoms with E-state index < -0.39 is 0 Å². The quantitative estimate of drug-likeness (QED) is 0.692. The molecule has 0 saturated heterocycles. The number of para-hydroxylation sites is 1. The van der Waals surface area contributed by atoms with Gasteiger partial charge in [-0.3, -0.25) is 0 Å². The maximum Gasteiger partial charge on any atom is 0.130 e. The van der Waals surface area contributed by atoms with Gasteiger partial charge >= 0.3 is 0 Å². The van der Waals surface area contributed by atoms with Gasteiger partial charge in [-0.25, -0.2) is 0 Å². The Labute approximate surface area is 126 Å². The summed E-state index contributed by atoms with van der Waals surface area (Å²) in [6, 6.07) is 16.7.